The van der Waals surface area contributed by atoms with Gasteiger partial charge in [-0.3, -0.25) is 4.79 Å². The summed E-state index contributed by atoms with van der Waals surface area (Å²) < 4.78 is 5.35. The van der Waals surface area contributed by atoms with Gasteiger partial charge in [-0.25, -0.2) is 0 Å². The fourth-order valence-electron chi connectivity index (χ4n) is 2.40. The number of nitrogens with two attached hydrogens (primary N) is 2. The summed E-state index contributed by atoms with van der Waals surface area (Å²) in [7, 11) is 0. The van der Waals surface area contributed by atoms with Gasteiger partial charge in [-0.15, -0.1) is 11.3 Å². The van der Waals surface area contributed by atoms with E-state index in [0.29, 0.717) is 10.6 Å². The summed E-state index contributed by atoms with van der Waals surface area (Å²) >= 11 is 1.38. The van der Waals surface area contributed by atoms with Crippen molar-refractivity contribution < 1.29 is 9.53 Å². The molecule has 2 aromatic rings. The molecule has 0 saturated carbocycles. The van der Waals surface area contributed by atoms with E-state index in [0.717, 1.165) is 36.7 Å². The molecule has 3 rings (SSSR count). The van der Waals surface area contributed by atoms with Crippen molar-refractivity contribution in [2.24, 2.45) is 5.73 Å². The lowest BCUT2D eigenvalue weighted by Crippen LogP contribution is -2.36. The molecule has 1 aliphatic heterocycles. The van der Waals surface area contributed by atoms with E-state index in [1.165, 1.54) is 17.0 Å². The van der Waals surface area contributed by atoms with Crippen molar-refractivity contribution in [2.45, 2.75) is 0 Å². The van der Waals surface area contributed by atoms with Gasteiger partial charge in [0.2, 0.25) is 0 Å². The highest BCUT2D eigenvalue weighted by atomic mass is 32.1. The monoisotopic (exact) mass is 303 g/mol. The van der Waals surface area contributed by atoms with Gasteiger partial charge in [0, 0.05) is 23.7 Å². The van der Waals surface area contributed by atoms with Crippen molar-refractivity contribution in [3.05, 3.63) is 35.9 Å². The maximum absolute atomic E-state index is 11.3. The normalized spacial score (nSPS) is 15.1. The number of hydrogen-bond donors (Lipinski definition) is 2. The molecule has 1 fully saturated rings. The largest absolute Gasteiger partial charge is 0.390 e. The number of rotatable bonds is 3. The fourth-order valence-corrected chi connectivity index (χ4v) is 3.34. The zero-order chi connectivity index (χ0) is 14.8. The minimum Gasteiger partial charge on any atom is -0.390 e. The van der Waals surface area contributed by atoms with Crippen LogP contribution in [0.2, 0.25) is 0 Å². The molecule has 2 heterocycles. The maximum atomic E-state index is 11.3. The molecule has 0 atom stereocenters. The Morgan fingerprint density at radius 2 is 1.86 bits per heavy atom. The highest BCUT2D eigenvalue weighted by Gasteiger charge is 2.14. The van der Waals surface area contributed by atoms with Crippen molar-refractivity contribution in [2.75, 3.05) is 36.9 Å². The number of carbonyl (C=O) groups is 1. The minimum absolute atomic E-state index is 0.396. The van der Waals surface area contributed by atoms with E-state index in [9.17, 15) is 4.79 Å². The second-order valence-electron chi connectivity index (χ2n) is 4.90. The molecule has 4 N–H and O–H groups in total. The molecule has 1 saturated heterocycles. The number of hydrogen-bond acceptors (Lipinski definition) is 5. The average Bonchev–Trinajstić information content (AvgIpc) is 2.90. The van der Waals surface area contributed by atoms with Crippen LogP contribution in [0, 0.1) is 0 Å². The van der Waals surface area contributed by atoms with Crippen molar-refractivity contribution in [3.63, 3.8) is 0 Å². The predicted molar refractivity (Wildman–Crippen MR) is 85.7 cm³/mol. The Morgan fingerprint density at radius 1 is 1.19 bits per heavy atom. The zero-order valence-corrected chi connectivity index (χ0v) is 12.4. The molecule has 110 valence electrons. The van der Waals surface area contributed by atoms with Gasteiger partial charge in [-0.2, -0.15) is 0 Å². The van der Waals surface area contributed by atoms with E-state index in [1.54, 1.807) is 6.07 Å². The Kier molecular flexibility index (Phi) is 3.81. The molecule has 1 aromatic heterocycles. The van der Waals surface area contributed by atoms with Crippen LogP contribution in [0.5, 0.6) is 0 Å². The van der Waals surface area contributed by atoms with E-state index in [1.807, 2.05) is 12.1 Å². The smallest absolute Gasteiger partial charge is 0.251 e. The molecule has 21 heavy (non-hydrogen) atoms. The number of anilines is 2. The molecular weight excluding hydrogens is 286 g/mol. The molecule has 0 radical (unpaired) electrons. The highest BCUT2D eigenvalue weighted by Crippen LogP contribution is 2.34. The van der Waals surface area contributed by atoms with Gasteiger partial charge < -0.3 is 21.1 Å². The number of ether oxygens (including phenoxy) is 1. The van der Waals surface area contributed by atoms with Crippen LogP contribution >= 0.6 is 11.3 Å². The van der Waals surface area contributed by atoms with Crippen LogP contribution in [-0.4, -0.2) is 32.2 Å². The van der Waals surface area contributed by atoms with Crippen LogP contribution in [0.25, 0.3) is 10.4 Å². The summed E-state index contributed by atoms with van der Waals surface area (Å²) in [4.78, 5) is 14.5. The summed E-state index contributed by atoms with van der Waals surface area (Å²) in [5.74, 6) is -0.486. The quantitative estimate of drug-likeness (QED) is 0.908. The first kappa shape index (κ1) is 13.9. The van der Waals surface area contributed by atoms with Crippen LogP contribution in [0.3, 0.4) is 0 Å². The van der Waals surface area contributed by atoms with Crippen molar-refractivity contribution in [3.8, 4) is 10.4 Å². The lowest BCUT2D eigenvalue weighted by molar-refractivity contribution is 0.100. The topological polar surface area (TPSA) is 81.6 Å². The van der Waals surface area contributed by atoms with Gasteiger partial charge in [0.25, 0.3) is 5.91 Å². The summed E-state index contributed by atoms with van der Waals surface area (Å²) in [6.45, 7) is 3.37. The Labute approximate surface area is 127 Å². The Hall–Kier alpha value is -2.05. The summed E-state index contributed by atoms with van der Waals surface area (Å²) in [6.07, 6.45) is 0. The third kappa shape index (κ3) is 2.86. The average molecular weight is 303 g/mol. The zero-order valence-electron chi connectivity index (χ0n) is 11.5. The van der Waals surface area contributed by atoms with Crippen LogP contribution in [0.1, 0.15) is 10.4 Å². The number of nitrogens with zero attached hydrogens (tertiary/aromatic N) is 1. The van der Waals surface area contributed by atoms with Gasteiger partial charge >= 0.3 is 0 Å². The number of amides is 1. The van der Waals surface area contributed by atoms with Gasteiger partial charge in [-0.1, -0.05) is 12.1 Å². The number of thiophene rings is 1. The molecule has 0 bridgehead atoms. The molecule has 1 amide bonds. The molecule has 6 heteroatoms. The fraction of sp³-hybridized carbons (Fsp3) is 0.267. The summed E-state index contributed by atoms with van der Waals surface area (Å²) in [5.41, 5.74) is 13.7. The van der Waals surface area contributed by atoms with Crippen LogP contribution < -0.4 is 16.4 Å². The summed E-state index contributed by atoms with van der Waals surface area (Å²) in [6, 6.07) is 10.0. The Morgan fingerprint density at radius 3 is 2.43 bits per heavy atom. The Bertz CT molecular complexity index is 645. The standard InChI is InChI=1S/C15H17N3O2S/c16-14(19)12-9-13(21-15(12)17)10-1-3-11(4-2-10)18-5-7-20-8-6-18/h1-4,9H,5-8,17H2,(H2,16,19). The van der Waals surface area contributed by atoms with E-state index < -0.39 is 5.91 Å². The Balaban J connectivity index is 1.83. The third-order valence-corrected chi connectivity index (χ3v) is 4.57. The molecular formula is C15H17N3O2S. The number of benzene rings is 1. The number of primary amides is 1. The summed E-state index contributed by atoms with van der Waals surface area (Å²) in [5, 5.41) is 0.467. The van der Waals surface area contributed by atoms with E-state index in [4.69, 9.17) is 16.2 Å². The number of carbonyl (C=O) groups excluding carboxylic acids is 1. The second kappa shape index (κ2) is 5.75. The van der Waals surface area contributed by atoms with Crippen LogP contribution in [0.15, 0.2) is 30.3 Å². The SMILES string of the molecule is NC(=O)c1cc(-c2ccc(N3CCOCC3)cc2)sc1N. The van der Waals surface area contributed by atoms with Gasteiger partial charge in [-0.05, 0) is 23.8 Å². The molecule has 1 aromatic carbocycles. The van der Waals surface area contributed by atoms with E-state index >= 15 is 0 Å². The molecule has 5 nitrogen and oxygen atoms in total. The van der Waals surface area contributed by atoms with Gasteiger partial charge in [0.15, 0.2) is 0 Å². The second-order valence-corrected chi connectivity index (χ2v) is 5.98. The highest BCUT2D eigenvalue weighted by molar-refractivity contribution is 7.19. The molecule has 0 aliphatic carbocycles. The minimum atomic E-state index is -0.486. The van der Waals surface area contributed by atoms with Crippen LogP contribution in [0.4, 0.5) is 10.7 Å². The molecule has 0 spiro atoms. The van der Waals surface area contributed by atoms with Crippen molar-refractivity contribution in [1.29, 1.82) is 0 Å². The lowest BCUT2D eigenvalue weighted by atomic mass is 10.1. The molecule has 1 aliphatic rings. The van der Waals surface area contributed by atoms with Crippen molar-refractivity contribution in [1.82, 2.24) is 0 Å². The third-order valence-electron chi connectivity index (χ3n) is 3.55. The van der Waals surface area contributed by atoms with E-state index in [-0.39, 0.29) is 0 Å². The molecule has 0 unspecified atom stereocenters. The van der Waals surface area contributed by atoms with E-state index in [2.05, 4.69) is 17.0 Å². The number of nitrogen functional groups attached to an aromatic ring is 1. The van der Waals surface area contributed by atoms with Crippen LogP contribution in [-0.2, 0) is 4.74 Å². The lowest BCUT2D eigenvalue weighted by Gasteiger charge is -2.28. The van der Waals surface area contributed by atoms with Gasteiger partial charge in [0.1, 0.15) is 0 Å². The first-order valence-electron chi connectivity index (χ1n) is 6.77. The van der Waals surface area contributed by atoms with Gasteiger partial charge in [0.05, 0.1) is 23.8 Å². The maximum Gasteiger partial charge on any atom is 0.251 e. The van der Waals surface area contributed by atoms with Crippen molar-refractivity contribution >= 4 is 27.9 Å². The predicted octanol–water partition coefficient (Wildman–Crippen LogP) is 1.93. The first-order chi connectivity index (χ1) is 10.1. The first-order valence-corrected chi connectivity index (χ1v) is 7.59. The number of morpholine rings is 1.